The first-order valence-electron chi connectivity index (χ1n) is 6.06. The zero-order valence-electron chi connectivity index (χ0n) is 10.5. The topological polar surface area (TPSA) is 69.9 Å². The minimum absolute atomic E-state index is 0.0892. The maximum atomic E-state index is 12.5. The molecule has 0 aromatic heterocycles. The van der Waals surface area contributed by atoms with Gasteiger partial charge in [0.2, 0.25) is 0 Å². The molecule has 4 nitrogen and oxygen atoms in total. The number of phenolic OH excluding ortho intramolecular Hbond substituents is 2. The Hall–Kier alpha value is -2.04. The van der Waals surface area contributed by atoms with Crippen molar-refractivity contribution in [1.29, 1.82) is 0 Å². The number of benzene rings is 2. The lowest BCUT2D eigenvalue weighted by atomic mass is 9.88. The van der Waals surface area contributed by atoms with Crippen molar-refractivity contribution in [2.24, 2.45) is 4.99 Å². The molecule has 1 aliphatic rings. The Morgan fingerprint density at radius 3 is 2.52 bits per heavy atom. The molecule has 3 rings (SSSR count). The summed E-state index contributed by atoms with van der Waals surface area (Å²) >= 11 is 11.8. The predicted molar refractivity (Wildman–Crippen MR) is 81.5 cm³/mol. The number of hydrogen-bond acceptors (Lipinski definition) is 4. The number of carbonyl (C=O) groups is 1. The molecule has 1 atom stereocenters. The van der Waals surface area contributed by atoms with Crippen LogP contribution in [-0.2, 0) is 0 Å². The third-order valence-corrected chi connectivity index (χ3v) is 4.01. The highest BCUT2D eigenvalue weighted by Crippen LogP contribution is 2.39. The van der Waals surface area contributed by atoms with E-state index in [1.54, 1.807) is 18.2 Å². The van der Waals surface area contributed by atoms with Crippen molar-refractivity contribution in [3.05, 3.63) is 51.5 Å². The van der Waals surface area contributed by atoms with Gasteiger partial charge in [-0.15, -0.1) is 0 Å². The summed E-state index contributed by atoms with van der Waals surface area (Å²) in [7, 11) is 0. The third-order valence-electron chi connectivity index (χ3n) is 3.28. The van der Waals surface area contributed by atoms with E-state index in [9.17, 15) is 15.0 Å². The van der Waals surface area contributed by atoms with E-state index >= 15 is 0 Å². The van der Waals surface area contributed by atoms with Gasteiger partial charge in [0.25, 0.3) is 0 Å². The Labute approximate surface area is 130 Å². The first kappa shape index (κ1) is 13.9. The molecular weight excluding hydrogens is 313 g/mol. The van der Waals surface area contributed by atoms with Crippen LogP contribution in [0.15, 0.2) is 35.3 Å². The van der Waals surface area contributed by atoms with E-state index in [1.165, 1.54) is 12.3 Å². The van der Waals surface area contributed by atoms with E-state index in [-0.39, 0.29) is 28.5 Å². The van der Waals surface area contributed by atoms with Crippen LogP contribution in [0.3, 0.4) is 0 Å². The SMILES string of the molecule is O=C1c2c(O)cc(O)cc2N=CC1c1ccc(Cl)c(Cl)c1. The van der Waals surface area contributed by atoms with Crippen molar-refractivity contribution in [3.8, 4) is 11.5 Å². The molecule has 0 radical (unpaired) electrons. The van der Waals surface area contributed by atoms with Crippen LogP contribution in [0.25, 0.3) is 0 Å². The molecule has 0 spiro atoms. The van der Waals surface area contributed by atoms with Gasteiger partial charge in [-0.2, -0.15) is 0 Å². The van der Waals surface area contributed by atoms with Crippen LogP contribution < -0.4 is 0 Å². The van der Waals surface area contributed by atoms with Gasteiger partial charge in [0.15, 0.2) is 5.78 Å². The molecule has 0 saturated carbocycles. The van der Waals surface area contributed by atoms with Gasteiger partial charge in [0, 0.05) is 18.3 Å². The van der Waals surface area contributed by atoms with E-state index < -0.39 is 5.92 Å². The number of fused-ring (bicyclic) bond motifs is 1. The molecular formula is C15H9Cl2NO3. The van der Waals surface area contributed by atoms with E-state index in [4.69, 9.17) is 23.2 Å². The Bertz CT molecular complexity index is 787. The van der Waals surface area contributed by atoms with Crippen LogP contribution in [0.1, 0.15) is 21.8 Å². The van der Waals surface area contributed by atoms with E-state index in [2.05, 4.69) is 4.99 Å². The molecule has 1 unspecified atom stereocenters. The molecule has 0 fully saturated rings. The van der Waals surface area contributed by atoms with Gasteiger partial charge in [-0.05, 0) is 17.7 Å². The molecule has 2 aromatic rings. The van der Waals surface area contributed by atoms with Crippen molar-refractivity contribution in [2.45, 2.75) is 5.92 Å². The highest BCUT2D eigenvalue weighted by Gasteiger charge is 2.29. The lowest BCUT2D eigenvalue weighted by molar-refractivity contribution is 0.0980. The maximum absolute atomic E-state index is 12.5. The summed E-state index contributed by atoms with van der Waals surface area (Å²) < 4.78 is 0. The number of nitrogens with zero attached hydrogens (tertiary/aromatic N) is 1. The number of hydrogen-bond donors (Lipinski definition) is 2. The fourth-order valence-corrected chi connectivity index (χ4v) is 2.58. The highest BCUT2D eigenvalue weighted by molar-refractivity contribution is 6.42. The van der Waals surface area contributed by atoms with Crippen molar-refractivity contribution < 1.29 is 15.0 Å². The summed E-state index contributed by atoms with van der Waals surface area (Å²) in [5.41, 5.74) is 0.969. The summed E-state index contributed by atoms with van der Waals surface area (Å²) in [4.78, 5) is 16.7. The number of Topliss-reactive ketones (excluding diaryl/α,β-unsaturated/α-hetero) is 1. The Morgan fingerprint density at radius 2 is 1.81 bits per heavy atom. The summed E-state index contributed by atoms with van der Waals surface area (Å²) in [5.74, 6) is -1.40. The van der Waals surface area contributed by atoms with Crippen molar-refractivity contribution in [1.82, 2.24) is 0 Å². The molecule has 106 valence electrons. The highest BCUT2D eigenvalue weighted by atomic mass is 35.5. The molecule has 21 heavy (non-hydrogen) atoms. The fourth-order valence-electron chi connectivity index (χ4n) is 2.27. The van der Waals surface area contributed by atoms with Gasteiger partial charge < -0.3 is 10.2 Å². The molecule has 1 heterocycles. The zero-order chi connectivity index (χ0) is 15.1. The third kappa shape index (κ3) is 2.37. The summed E-state index contributed by atoms with van der Waals surface area (Å²) in [6.45, 7) is 0. The van der Waals surface area contributed by atoms with Gasteiger partial charge in [-0.3, -0.25) is 9.79 Å². The minimum atomic E-state index is -0.650. The quantitative estimate of drug-likeness (QED) is 0.831. The van der Waals surface area contributed by atoms with Crippen LogP contribution in [-0.4, -0.2) is 22.2 Å². The van der Waals surface area contributed by atoms with Crippen LogP contribution in [0.4, 0.5) is 5.69 Å². The summed E-state index contributed by atoms with van der Waals surface area (Å²) in [6, 6.07) is 7.33. The molecule has 0 amide bonds. The number of halogens is 2. The van der Waals surface area contributed by atoms with Crippen molar-refractivity contribution in [2.75, 3.05) is 0 Å². The molecule has 2 N–H and O–H groups in total. The average molecular weight is 322 g/mol. The van der Waals surface area contributed by atoms with Crippen LogP contribution in [0.5, 0.6) is 11.5 Å². The molecule has 6 heteroatoms. The van der Waals surface area contributed by atoms with Gasteiger partial charge in [0.05, 0.1) is 27.2 Å². The van der Waals surface area contributed by atoms with Gasteiger partial charge >= 0.3 is 0 Å². The minimum Gasteiger partial charge on any atom is -0.508 e. The van der Waals surface area contributed by atoms with Gasteiger partial charge in [-0.1, -0.05) is 29.3 Å². The number of aliphatic imine (C=N–C) groups is 1. The molecule has 0 saturated heterocycles. The van der Waals surface area contributed by atoms with E-state index in [1.807, 2.05) is 0 Å². The fraction of sp³-hybridized carbons (Fsp3) is 0.0667. The van der Waals surface area contributed by atoms with Crippen LogP contribution in [0.2, 0.25) is 10.0 Å². The first-order chi connectivity index (χ1) is 9.97. The first-order valence-corrected chi connectivity index (χ1v) is 6.82. The number of aromatic hydroxyl groups is 2. The van der Waals surface area contributed by atoms with Crippen molar-refractivity contribution in [3.63, 3.8) is 0 Å². The Balaban J connectivity index is 2.09. The summed E-state index contributed by atoms with van der Waals surface area (Å²) in [6.07, 6.45) is 1.46. The monoisotopic (exact) mass is 321 g/mol. The standard InChI is InChI=1S/C15H9Cl2NO3/c16-10-2-1-7(3-11(10)17)9-6-18-12-4-8(19)5-13(20)14(12)15(9)21/h1-6,9,19-20H. The number of rotatable bonds is 1. The van der Waals surface area contributed by atoms with Gasteiger partial charge in [-0.25, -0.2) is 0 Å². The lowest BCUT2D eigenvalue weighted by Gasteiger charge is -2.19. The Kier molecular flexibility index (Phi) is 3.35. The Morgan fingerprint density at radius 1 is 1.05 bits per heavy atom. The van der Waals surface area contributed by atoms with Crippen LogP contribution in [0, 0.1) is 0 Å². The molecule has 1 aliphatic heterocycles. The second-order valence-electron chi connectivity index (χ2n) is 4.65. The van der Waals surface area contributed by atoms with Gasteiger partial charge in [0.1, 0.15) is 11.5 Å². The smallest absolute Gasteiger partial charge is 0.181 e. The largest absolute Gasteiger partial charge is 0.508 e. The number of phenols is 2. The molecule has 0 aliphatic carbocycles. The summed E-state index contributed by atoms with van der Waals surface area (Å²) in [5, 5.41) is 20.0. The maximum Gasteiger partial charge on any atom is 0.181 e. The zero-order valence-corrected chi connectivity index (χ0v) is 12.1. The predicted octanol–water partition coefficient (Wildman–Crippen LogP) is 4.09. The number of carbonyl (C=O) groups excluding carboxylic acids is 1. The normalized spacial score (nSPS) is 16.9. The molecule has 0 bridgehead atoms. The van der Waals surface area contributed by atoms with E-state index in [0.717, 1.165) is 6.07 Å². The van der Waals surface area contributed by atoms with Crippen LogP contribution >= 0.6 is 23.2 Å². The second-order valence-corrected chi connectivity index (χ2v) is 5.47. The second kappa shape index (κ2) is 5.06. The average Bonchev–Trinajstić information content (AvgIpc) is 2.41. The van der Waals surface area contributed by atoms with E-state index in [0.29, 0.717) is 15.6 Å². The number of ketones is 1. The lowest BCUT2D eigenvalue weighted by Crippen LogP contribution is -2.18. The van der Waals surface area contributed by atoms with Crippen molar-refractivity contribution >= 4 is 40.9 Å². The molecule has 2 aromatic carbocycles.